The summed E-state index contributed by atoms with van der Waals surface area (Å²) in [5.74, 6) is 0.276. The van der Waals surface area contributed by atoms with E-state index in [1.807, 2.05) is 54.6 Å². The molecule has 0 spiro atoms. The van der Waals surface area contributed by atoms with Gasteiger partial charge in [-0.3, -0.25) is 4.79 Å². The molecule has 0 aliphatic rings. The molecule has 3 aromatic carbocycles. The lowest BCUT2D eigenvalue weighted by Crippen LogP contribution is -2.24. The van der Waals surface area contributed by atoms with Crippen molar-refractivity contribution in [3.05, 3.63) is 77.3 Å². The summed E-state index contributed by atoms with van der Waals surface area (Å²) >= 11 is 6.16. The van der Waals surface area contributed by atoms with Gasteiger partial charge in [0, 0.05) is 15.8 Å². The minimum Gasteiger partial charge on any atom is -0.483 e. The maximum atomic E-state index is 11.8. The highest BCUT2D eigenvalue weighted by Gasteiger charge is 2.07. The first-order chi connectivity index (χ1) is 11.7. The maximum Gasteiger partial charge on any atom is 0.277 e. The fourth-order valence-electron chi connectivity index (χ4n) is 2.25. The summed E-state index contributed by atoms with van der Waals surface area (Å²) in [6, 6.07) is 20.6. The van der Waals surface area contributed by atoms with E-state index in [4.69, 9.17) is 16.3 Å². The first-order valence-corrected chi connectivity index (χ1v) is 7.79. The fraction of sp³-hybridized carbons (Fsp3) is 0.0526. The maximum absolute atomic E-state index is 11.8. The summed E-state index contributed by atoms with van der Waals surface area (Å²) in [6.07, 6.45) is 1.58. The summed E-state index contributed by atoms with van der Waals surface area (Å²) in [5, 5.41) is 6.31. The average Bonchev–Trinajstić information content (AvgIpc) is 2.62. The first kappa shape index (κ1) is 16.0. The minimum atomic E-state index is -0.332. The Morgan fingerprint density at radius 3 is 2.50 bits per heavy atom. The highest BCUT2D eigenvalue weighted by Crippen LogP contribution is 2.31. The Morgan fingerprint density at radius 2 is 1.71 bits per heavy atom. The Hall–Kier alpha value is -2.85. The van der Waals surface area contributed by atoms with Crippen LogP contribution in [-0.4, -0.2) is 18.7 Å². The molecule has 0 atom stereocenters. The van der Waals surface area contributed by atoms with Crippen LogP contribution in [0.2, 0.25) is 5.02 Å². The molecule has 1 N–H and O–H groups in total. The number of hydrogen-bond acceptors (Lipinski definition) is 3. The number of hydrogen-bond donors (Lipinski definition) is 1. The predicted octanol–water partition coefficient (Wildman–Crippen LogP) is 4.02. The molecule has 1 amide bonds. The van der Waals surface area contributed by atoms with Gasteiger partial charge in [0.05, 0.1) is 6.21 Å². The lowest BCUT2D eigenvalue weighted by molar-refractivity contribution is -0.123. The SMILES string of the molecule is O=C(COc1ccc(Cl)c2ccccc12)N/N=C/c1ccccc1. The Kier molecular flexibility index (Phi) is 5.08. The van der Waals surface area contributed by atoms with Crippen LogP contribution in [-0.2, 0) is 4.79 Å². The standard InChI is InChI=1S/C19H15ClN2O2/c20-17-10-11-18(16-9-5-4-8-15(16)17)24-13-19(23)22-21-12-14-6-2-1-3-7-14/h1-12H,13H2,(H,22,23)/b21-12+. The number of fused-ring (bicyclic) bond motifs is 1. The van der Waals surface area contributed by atoms with E-state index in [1.165, 1.54) is 0 Å². The minimum absolute atomic E-state index is 0.127. The molecule has 0 saturated heterocycles. The number of rotatable bonds is 5. The van der Waals surface area contributed by atoms with E-state index < -0.39 is 0 Å². The third-order valence-corrected chi connectivity index (χ3v) is 3.72. The van der Waals surface area contributed by atoms with Crippen LogP contribution in [0.1, 0.15) is 5.56 Å². The van der Waals surface area contributed by atoms with E-state index in [2.05, 4.69) is 10.5 Å². The van der Waals surface area contributed by atoms with Crippen molar-refractivity contribution < 1.29 is 9.53 Å². The summed E-state index contributed by atoms with van der Waals surface area (Å²) in [5.41, 5.74) is 3.35. The molecule has 0 aromatic heterocycles. The number of benzene rings is 3. The third kappa shape index (κ3) is 3.91. The van der Waals surface area contributed by atoms with Crippen molar-refractivity contribution in [2.75, 3.05) is 6.61 Å². The highest BCUT2D eigenvalue weighted by molar-refractivity contribution is 6.35. The van der Waals surface area contributed by atoms with Crippen LogP contribution in [0.15, 0.2) is 71.8 Å². The molecule has 3 aromatic rings. The number of ether oxygens (including phenoxy) is 1. The molecule has 0 bridgehead atoms. The molecule has 120 valence electrons. The summed E-state index contributed by atoms with van der Waals surface area (Å²) in [7, 11) is 0. The van der Waals surface area contributed by atoms with Gasteiger partial charge in [0.25, 0.3) is 5.91 Å². The zero-order valence-corrected chi connectivity index (χ0v) is 13.5. The van der Waals surface area contributed by atoms with Gasteiger partial charge in [-0.1, -0.05) is 66.2 Å². The van der Waals surface area contributed by atoms with Crippen molar-refractivity contribution in [1.29, 1.82) is 0 Å². The van der Waals surface area contributed by atoms with Crippen LogP contribution in [0.5, 0.6) is 5.75 Å². The molecule has 0 unspecified atom stereocenters. The van der Waals surface area contributed by atoms with Gasteiger partial charge in [0.2, 0.25) is 0 Å². The molecule has 0 fully saturated rings. The van der Waals surface area contributed by atoms with Crippen molar-refractivity contribution in [2.24, 2.45) is 5.10 Å². The van der Waals surface area contributed by atoms with E-state index in [0.29, 0.717) is 10.8 Å². The van der Waals surface area contributed by atoms with E-state index in [0.717, 1.165) is 16.3 Å². The lowest BCUT2D eigenvalue weighted by atomic mass is 10.1. The van der Waals surface area contributed by atoms with Gasteiger partial charge in [-0.2, -0.15) is 5.10 Å². The number of nitrogens with zero attached hydrogens (tertiary/aromatic N) is 1. The van der Waals surface area contributed by atoms with Crippen LogP contribution in [0.25, 0.3) is 10.8 Å². The molecular formula is C19H15ClN2O2. The van der Waals surface area contributed by atoms with E-state index in [-0.39, 0.29) is 12.5 Å². The number of amides is 1. The largest absolute Gasteiger partial charge is 0.483 e. The average molecular weight is 339 g/mol. The monoisotopic (exact) mass is 338 g/mol. The van der Waals surface area contributed by atoms with Crippen LogP contribution < -0.4 is 10.2 Å². The smallest absolute Gasteiger partial charge is 0.277 e. The Morgan fingerprint density at radius 1 is 1.00 bits per heavy atom. The van der Waals surface area contributed by atoms with Crippen LogP contribution in [0, 0.1) is 0 Å². The topological polar surface area (TPSA) is 50.7 Å². The van der Waals surface area contributed by atoms with Gasteiger partial charge < -0.3 is 4.74 Å². The molecule has 0 aliphatic carbocycles. The molecule has 0 saturated carbocycles. The van der Waals surface area contributed by atoms with Crippen molar-refractivity contribution in [3.63, 3.8) is 0 Å². The Balaban J connectivity index is 1.61. The highest BCUT2D eigenvalue weighted by atomic mass is 35.5. The summed E-state index contributed by atoms with van der Waals surface area (Å²) in [4.78, 5) is 11.8. The van der Waals surface area contributed by atoms with E-state index >= 15 is 0 Å². The van der Waals surface area contributed by atoms with Crippen LogP contribution in [0.4, 0.5) is 0 Å². The molecule has 4 nitrogen and oxygen atoms in total. The zero-order chi connectivity index (χ0) is 16.8. The predicted molar refractivity (Wildman–Crippen MR) is 96.6 cm³/mol. The second kappa shape index (κ2) is 7.62. The van der Waals surface area contributed by atoms with Crippen molar-refractivity contribution >= 4 is 34.5 Å². The third-order valence-electron chi connectivity index (χ3n) is 3.39. The number of hydrazone groups is 1. The van der Waals surface area contributed by atoms with Gasteiger partial charge in [0.1, 0.15) is 5.75 Å². The van der Waals surface area contributed by atoms with Crippen molar-refractivity contribution in [3.8, 4) is 5.75 Å². The fourth-order valence-corrected chi connectivity index (χ4v) is 2.48. The number of halogens is 1. The van der Waals surface area contributed by atoms with Gasteiger partial charge in [-0.25, -0.2) is 5.43 Å². The number of carbonyl (C=O) groups is 1. The molecule has 0 heterocycles. The van der Waals surface area contributed by atoms with Gasteiger partial charge >= 0.3 is 0 Å². The molecule has 5 heteroatoms. The van der Waals surface area contributed by atoms with Crippen LogP contribution >= 0.6 is 11.6 Å². The molecule has 0 aliphatic heterocycles. The Bertz CT molecular complexity index is 879. The summed E-state index contributed by atoms with van der Waals surface area (Å²) in [6.45, 7) is -0.127. The van der Waals surface area contributed by atoms with Gasteiger partial charge in [0.15, 0.2) is 6.61 Å². The lowest BCUT2D eigenvalue weighted by Gasteiger charge is -2.09. The second-order valence-corrected chi connectivity index (χ2v) is 5.49. The zero-order valence-electron chi connectivity index (χ0n) is 12.8. The number of carbonyl (C=O) groups excluding carboxylic acids is 1. The Labute approximate surface area is 144 Å². The van der Waals surface area contributed by atoms with Crippen molar-refractivity contribution in [2.45, 2.75) is 0 Å². The quantitative estimate of drug-likeness (QED) is 0.564. The van der Waals surface area contributed by atoms with Gasteiger partial charge in [-0.15, -0.1) is 0 Å². The molecule has 3 rings (SSSR count). The van der Waals surface area contributed by atoms with E-state index in [9.17, 15) is 4.79 Å². The first-order valence-electron chi connectivity index (χ1n) is 7.41. The van der Waals surface area contributed by atoms with Crippen molar-refractivity contribution in [1.82, 2.24) is 5.43 Å². The van der Waals surface area contributed by atoms with E-state index in [1.54, 1.807) is 18.3 Å². The number of nitrogens with one attached hydrogen (secondary N) is 1. The normalized spacial score (nSPS) is 10.9. The summed E-state index contributed by atoms with van der Waals surface area (Å²) < 4.78 is 5.59. The van der Waals surface area contributed by atoms with Gasteiger partial charge in [-0.05, 0) is 17.7 Å². The van der Waals surface area contributed by atoms with Crippen LogP contribution in [0.3, 0.4) is 0 Å². The molecule has 24 heavy (non-hydrogen) atoms. The second-order valence-electron chi connectivity index (χ2n) is 5.08. The molecule has 0 radical (unpaired) electrons. The molecular weight excluding hydrogens is 324 g/mol.